The molecule has 0 bridgehead atoms. The number of alkyl halides is 2. The van der Waals surface area contributed by atoms with Crippen LogP contribution in [0.5, 0.6) is 0 Å². The van der Waals surface area contributed by atoms with Crippen LogP contribution in [0.2, 0.25) is 0 Å². The minimum atomic E-state index is -2.83. The van der Waals surface area contributed by atoms with Crippen molar-refractivity contribution in [1.82, 2.24) is 0 Å². The van der Waals surface area contributed by atoms with Gasteiger partial charge in [0.25, 0.3) is 0 Å². The molecule has 1 aliphatic rings. The first-order valence-electron chi connectivity index (χ1n) is 5.99. The summed E-state index contributed by atoms with van der Waals surface area (Å²) in [7, 11) is 0. The van der Waals surface area contributed by atoms with Crippen molar-refractivity contribution in [2.24, 2.45) is 5.92 Å². The van der Waals surface area contributed by atoms with Crippen LogP contribution in [0.15, 0.2) is 24.3 Å². The van der Waals surface area contributed by atoms with Gasteiger partial charge in [0.05, 0.1) is 6.07 Å². The van der Waals surface area contributed by atoms with E-state index >= 15 is 0 Å². The first-order chi connectivity index (χ1) is 8.93. The van der Waals surface area contributed by atoms with Crippen molar-refractivity contribution in [2.75, 3.05) is 0 Å². The van der Waals surface area contributed by atoms with E-state index in [4.69, 9.17) is 5.26 Å². The molecule has 1 aromatic rings. The molecule has 2 rings (SSSR count). The summed E-state index contributed by atoms with van der Waals surface area (Å²) in [4.78, 5) is 12.1. The molecule has 100 valence electrons. The fourth-order valence-corrected chi connectivity index (χ4v) is 2.42. The predicted octanol–water partition coefficient (Wildman–Crippen LogP) is 3.44. The Labute approximate surface area is 108 Å². The van der Waals surface area contributed by atoms with Crippen molar-refractivity contribution in [3.8, 4) is 6.07 Å². The lowest BCUT2D eigenvalue weighted by Gasteiger charge is -2.14. The molecule has 0 amide bonds. The molecule has 2 nitrogen and oxygen atoms in total. The van der Waals surface area contributed by atoms with Gasteiger partial charge in [-0.1, -0.05) is 12.1 Å². The topological polar surface area (TPSA) is 40.9 Å². The van der Waals surface area contributed by atoms with Crippen LogP contribution in [0, 0.1) is 23.1 Å². The van der Waals surface area contributed by atoms with E-state index in [2.05, 4.69) is 0 Å². The maximum absolute atomic E-state index is 13.1. The van der Waals surface area contributed by atoms with Gasteiger partial charge in [0.2, 0.25) is 5.92 Å². The zero-order valence-corrected chi connectivity index (χ0v) is 10.1. The van der Waals surface area contributed by atoms with E-state index in [0.717, 1.165) is 6.07 Å². The molecule has 1 saturated carbocycles. The zero-order valence-electron chi connectivity index (χ0n) is 10.1. The molecule has 0 aromatic heterocycles. The van der Waals surface area contributed by atoms with Crippen LogP contribution < -0.4 is 0 Å². The maximum atomic E-state index is 13.1. The summed E-state index contributed by atoms with van der Waals surface area (Å²) in [5.41, 5.74) is 0.225. The van der Waals surface area contributed by atoms with Crippen LogP contribution in [0.3, 0.4) is 0 Å². The van der Waals surface area contributed by atoms with E-state index in [0.29, 0.717) is 0 Å². The van der Waals surface area contributed by atoms with Gasteiger partial charge in [-0.3, -0.25) is 4.79 Å². The van der Waals surface area contributed by atoms with Crippen LogP contribution in [0.4, 0.5) is 13.2 Å². The quantitative estimate of drug-likeness (QED) is 0.841. The van der Waals surface area contributed by atoms with Gasteiger partial charge in [-0.15, -0.1) is 0 Å². The zero-order chi connectivity index (χ0) is 14.0. The molecule has 1 aliphatic carbocycles. The van der Waals surface area contributed by atoms with E-state index in [9.17, 15) is 18.0 Å². The van der Waals surface area contributed by atoms with Gasteiger partial charge in [-0.05, 0) is 24.1 Å². The fraction of sp³-hybridized carbons (Fsp3) is 0.429. The van der Waals surface area contributed by atoms with Gasteiger partial charge >= 0.3 is 0 Å². The van der Waals surface area contributed by atoms with Gasteiger partial charge in [0.1, 0.15) is 11.7 Å². The monoisotopic (exact) mass is 267 g/mol. The lowest BCUT2D eigenvalue weighted by atomic mass is 9.87. The molecule has 0 radical (unpaired) electrons. The second-order valence-corrected chi connectivity index (χ2v) is 4.82. The number of hydrogen-bond donors (Lipinski definition) is 0. The summed E-state index contributed by atoms with van der Waals surface area (Å²) in [5, 5.41) is 9.05. The number of ketones is 1. The van der Waals surface area contributed by atoms with Gasteiger partial charge < -0.3 is 0 Å². The molecule has 2 unspecified atom stereocenters. The van der Waals surface area contributed by atoms with Crippen molar-refractivity contribution in [2.45, 2.75) is 31.1 Å². The average molecular weight is 267 g/mol. The molecular formula is C14H12F3NO. The van der Waals surface area contributed by atoms with E-state index in [-0.39, 0.29) is 18.4 Å². The Balaban J connectivity index is 2.19. The summed E-state index contributed by atoms with van der Waals surface area (Å²) >= 11 is 0. The van der Waals surface area contributed by atoms with Crippen LogP contribution in [-0.4, -0.2) is 11.7 Å². The van der Waals surface area contributed by atoms with E-state index in [1.807, 2.05) is 0 Å². The van der Waals surface area contributed by atoms with Gasteiger partial charge in [-0.2, -0.15) is 5.26 Å². The predicted molar refractivity (Wildman–Crippen MR) is 62.0 cm³/mol. The minimum absolute atomic E-state index is 0.0827. The Kier molecular flexibility index (Phi) is 3.61. The number of rotatable bonds is 3. The molecule has 5 heteroatoms. The lowest BCUT2D eigenvalue weighted by molar-refractivity contribution is -0.124. The highest BCUT2D eigenvalue weighted by Gasteiger charge is 2.44. The highest BCUT2D eigenvalue weighted by Crippen LogP contribution is 2.41. The van der Waals surface area contributed by atoms with Gasteiger partial charge in [-0.25, -0.2) is 13.2 Å². The lowest BCUT2D eigenvalue weighted by Crippen LogP contribution is -2.21. The van der Waals surface area contributed by atoms with Gasteiger partial charge in [0, 0.05) is 18.8 Å². The number of carbonyl (C=O) groups is 1. The van der Waals surface area contributed by atoms with Crippen LogP contribution in [0.25, 0.3) is 0 Å². The smallest absolute Gasteiger partial charge is 0.248 e. The van der Waals surface area contributed by atoms with Crippen molar-refractivity contribution in [3.63, 3.8) is 0 Å². The number of carbonyl (C=O) groups excluding carboxylic acids is 1. The molecule has 19 heavy (non-hydrogen) atoms. The van der Waals surface area contributed by atoms with Crippen molar-refractivity contribution in [1.29, 1.82) is 5.26 Å². The van der Waals surface area contributed by atoms with E-state index < -0.39 is 35.8 Å². The highest BCUT2D eigenvalue weighted by molar-refractivity contribution is 5.90. The van der Waals surface area contributed by atoms with Crippen molar-refractivity contribution >= 4 is 5.78 Å². The van der Waals surface area contributed by atoms with Crippen molar-refractivity contribution in [3.05, 3.63) is 35.6 Å². The standard InChI is InChI=1S/C14H12F3NO/c15-11-3-1-2-9(6-11)12(8-18)13(19)10-4-5-14(16,17)7-10/h1-3,6,10,12H,4-5,7H2. The third-order valence-corrected chi connectivity index (χ3v) is 3.40. The fourth-order valence-electron chi connectivity index (χ4n) is 2.42. The molecule has 0 N–H and O–H groups in total. The Morgan fingerprint density at radius 2 is 2.21 bits per heavy atom. The molecular weight excluding hydrogens is 255 g/mol. The van der Waals surface area contributed by atoms with E-state index in [1.54, 1.807) is 6.07 Å². The van der Waals surface area contributed by atoms with Crippen LogP contribution in [0.1, 0.15) is 30.7 Å². The number of nitriles is 1. The summed E-state index contributed by atoms with van der Waals surface area (Å²) in [6.45, 7) is 0. The largest absolute Gasteiger partial charge is 0.298 e. The average Bonchev–Trinajstić information content (AvgIpc) is 2.71. The molecule has 0 heterocycles. The number of hydrogen-bond acceptors (Lipinski definition) is 2. The Morgan fingerprint density at radius 1 is 1.47 bits per heavy atom. The number of halogens is 3. The number of benzene rings is 1. The molecule has 2 atom stereocenters. The maximum Gasteiger partial charge on any atom is 0.248 e. The Morgan fingerprint density at radius 3 is 2.74 bits per heavy atom. The third-order valence-electron chi connectivity index (χ3n) is 3.40. The molecule has 1 aromatic carbocycles. The van der Waals surface area contributed by atoms with Gasteiger partial charge in [0.15, 0.2) is 5.78 Å². The summed E-state index contributed by atoms with van der Waals surface area (Å²) in [5.74, 6) is -5.91. The Hall–Kier alpha value is -1.83. The number of Topliss-reactive ketones (excluding diaryl/α,β-unsaturated/α-hetero) is 1. The van der Waals surface area contributed by atoms with Crippen molar-refractivity contribution < 1.29 is 18.0 Å². The second-order valence-electron chi connectivity index (χ2n) is 4.82. The summed E-state index contributed by atoms with van der Waals surface area (Å²) in [6.07, 6.45) is -0.761. The van der Waals surface area contributed by atoms with Crippen LogP contribution in [-0.2, 0) is 4.79 Å². The first-order valence-corrected chi connectivity index (χ1v) is 5.99. The molecule has 0 aliphatic heterocycles. The first kappa shape index (κ1) is 13.6. The summed E-state index contributed by atoms with van der Waals surface area (Å²) in [6, 6.07) is 6.94. The SMILES string of the molecule is N#CC(C(=O)C1CCC(F)(F)C1)c1cccc(F)c1. The normalized spacial score (nSPS) is 22.7. The molecule has 1 fully saturated rings. The summed E-state index contributed by atoms with van der Waals surface area (Å²) < 4.78 is 39.3. The minimum Gasteiger partial charge on any atom is -0.298 e. The second kappa shape index (κ2) is 5.04. The Bertz CT molecular complexity index is 536. The number of nitrogens with zero attached hydrogens (tertiary/aromatic N) is 1. The van der Waals surface area contributed by atoms with E-state index in [1.165, 1.54) is 18.2 Å². The third kappa shape index (κ3) is 2.95. The highest BCUT2D eigenvalue weighted by atomic mass is 19.3. The van der Waals surface area contributed by atoms with Crippen LogP contribution >= 0.6 is 0 Å². The molecule has 0 spiro atoms. The molecule has 0 saturated heterocycles.